The summed E-state index contributed by atoms with van der Waals surface area (Å²) >= 11 is 6.34. The molecule has 2 unspecified atom stereocenters. The highest BCUT2D eigenvalue weighted by molar-refractivity contribution is 6.31. The summed E-state index contributed by atoms with van der Waals surface area (Å²) in [4.78, 5) is 0. The topological polar surface area (TPSA) is 39.1 Å². The van der Waals surface area contributed by atoms with Gasteiger partial charge in [-0.3, -0.25) is 4.68 Å². The Morgan fingerprint density at radius 2 is 2.33 bits per heavy atom. The van der Waals surface area contributed by atoms with Gasteiger partial charge < -0.3 is 10.1 Å². The Morgan fingerprint density at radius 1 is 1.56 bits per heavy atom. The molecular weight excluding hydrogens is 250 g/mol. The Labute approximate surface area is 114 Å². The molecule has 2 atom stereocenters. The average molecular weight is 272 g/mol. The summed E-state index contributed by atoms with van der Waals surface area (Å²) in [5.41, 5.74) is 2.06. The van der Waals surface area contributed by atoms with Crippen LogP contribution in [0.2, 0.25) is 5.02 Å². The fourth-order valence-corrected chi connectivity index (χ4v) is 2.78. The molecule has 102 valence electrons. The maximum absolute atomic E-state index is 6.34. The number of nitrogens with zero attached hydrogens (tertiary/aromatic N) is 2. The van der Waals surface area contributed by atoms with Crippen LogP contribution in [-0.2, 0) is 24.8 Å². The van der Waals surface area contributed by atoms with Crippen molar-refractivity contribution in [2.75, 3.05) is 13.2 Å². The van der Waals surface area contributed by atoms with Crippen molar-refractivity contribution < 1.29 is 4.74 Å². The van der Waals surface area contributed by atoms with Gasteiger partial charge in [-0.15, -0.1) is 0 Å². The second-order valence-electron chi connectivity index (χ2n) is 5.01. The zero-order valence-electron chi connectivity index (χ0n) is 11.4. The van der Waals surface area contributed by atoms with E-state index in [1.54, 1.807) is 0 Å². The molecule has 0 amide bonds. The molecule has 0 aliphatic carbocycles. The van der Waals surface area contributed by atoms with Crippen molar-refractivity contribution in [2.45, 2.75) is 39.3 Å². The second-order valence-corrected chi connectivity index (χ2v) is 5.39. The van der Waals surface area contributed by atoms with Gasteiger partial charge in [-0.2, -0.15) is 5.10 Å². The van der Waals surface area contributed by atoms with E-state index >= 15 is 0 Å². The molecule has 0 saturated carbocycles. The van der Waals surface area contributed by atoms with E-state index in [4.69, 9.17) is 16.3 Å². The highest BCUT2D eigenvalue weighted by Gasteiger charge is 2.22. The minimum absolute atomic E-state index is 0.509. The number of aryl methyl sites for hydroxylation is 2. The van der Waals surface area contributed by atoms with Crippen LogP contribution in [0.5, 0.6) is 0 Å². The SMILES string of the molecule is CCc1nn(C)c(CNC2CCOCC2C)c1Cl. The smallest absolute Gasteiger partial charge is 0.0863 e. The van der Waals surface area contributed by atoms with Crippen LogP contribution in [0.4, 0.5) is 0 Å². The zero-order valence-corrected chi connectivity index (χ0v) is 12.1. The molecule has 18 heavy (non-hydrogen) atoms. The van der Waals surface area contributed by atoms with E-state index in [1.807, 2.05) is 11.7 Å². The van der Waals surface area contributed by atoms with Crippen LogP contribution in [-0.4, -0.2) is 29.0 Å². The maximum Gasteiger partial charge on any atom is 0.0863 e. The molecule has 1 aliphatic heterocycles. The minimum atomic E-state index is 0.509. The summed E-state index contributed by atoms with van der Waals surface area (Å²) in [6.45, 7) is 6.76. The summed E-state index contributed by atoms with van der Waals surface area (Å²) in [5.74, 6) is 0.552. The van der Waals surface area contributed by atoms with Crippen molar-refractivity contribution in [3.05, 3.63) is 16.4 Å². The predicted octanol–water partition coefficient (Wildman–Crippen LogP) is 2.15. The van der Waals surface area contributed by atoms with Crippen LogP contribution in [0.15, 0.2) is 0 Å². The van der Waals surface area contributed by atoms with E-state index in [2.05, 4.69) is 24.3 Å². The summed E-state index contributed by atoms with van der Waals surface area (Å²) in [6.07, 6.45) is 1.94. The first kappa shape index (κ1) is 13.8. The van der Waals surface area contributed by atoms with E-state index < -0.39 is 0 Å². The van der Waals surface area contributed by atoms with Gasteiger partial charge in [0.05, 0.1) is 23.0 Å². The Balaban J connectivity index is 1.99. The van der Waals surface area contributed by atoms with Gasteiger partial charge in [-0.25, -0.2) is 0 Å². The molecule has 1 N–H and O–H groups in total. The van der Waals surface area contributed by atoms with Crippen molar-refractivity contribution in [3.8, 4) is 0 Å². The van der Waals surface area contributed by atoms with Crippen molar-refractivity contribution in [1.82, 2.24) is 15.1 Å². The maximum atomic E-state index is 6.34. The fourth-order valence-electron chi connectivity index (χ4n) is 2.42. The first-order valence-electron chi connectivity index (χ1n) is 6.64. The third kappa shape index (κ3) is 2.87. The number of halogens is 1. The van der Waals surface area contributed by atoms with Crippen LogP contribution in [0.1, 0.15) is 31.7 Å². The van der Waals surface area contributed by atoms with E-state index in [9.17, 15) is 0 Å². The van der Waals surface area contributed by atoms with Gasteiger partial charge in [-0.05, 0) is 18.8 Å². The molecule has 5 heteroatoms. The largest absolute Gasteiger partial charge is 0.381 e. The number of hydrogen-bond donors (Lipinski definition) is 1. The third-order valence-electron chi connectivity index (χ3n) is 3.68. The normalized spacial score (nSPS) is 24.4. The van der Waals surface area contributed by atoms with Crippen LogP contribution < -0.4 is 5.32 Å². The zero-order chi connectivity index (χ0) is 13.1. The van der Waals surface area contributed by atoms with Crippen LogP contribution in [0, 0.1) is 5.92 Å². The number of ether oxygens (including phenoxy) is 1. The minimum Gasteiger partial charge on any atom is -0.381 e. The van der Waals surface area contributed by atoms with E-state index in [0.717, 1.165) is 49.0 Å². The molecule has 0 spiro atoms. The molecule has 1 saturated heterocycles. The first-order valence-corrected chi connectivity index (χ1v) is 7.02. The average Bonchev–Trinajstić information content (AvgIpc) is 2.64. The van der Waals surface area contributed by atoms with Gasteiger partial charge in [0.15, 0.2) is 0 Å². The van der Waals surface area contributed by atoms with Crippen molar-refractivity contribution in [1.29, 1.82) is 0 Å². The van der Waals surface area contributed by atoms with Gasteiger partial charge in [-0.1, -0.05) is 25.4 Å². The molecule has 1 aliphatic rings. The molecular formula is C13H22ClN3O. The molecule has 1 aromatic rings. The predicted molar refractivity (Wildman–Crippen MR) is 72.8 cm³/mol. The Bertz CT molecular complexity index is 405. The van der Waals surface area contributed by atoms with E-state index in [0.29, 0.717) is 12.0 Å². The molecule has 0 aromatic carbocycles. The molecule has 4 nitrogen and oxygen atoms in total. The Kier molecular flexibility index (Phi) is 4.65. The summed E-state index contributed by atoms with van der Waals surface area (Å²) < 4.78 is 7.34. The lowest BCUT2D eigenvalue weighted by atomic mass is 9.98. The molecule has 1 fully saturated rings. The second kappa shape index (κ2) is 6.04. The lowest BCUT2D eigenvalue weighted by molar-refractivity contribution is 0.0385. The molecule has 0 bridgehead atoms. The number of hydrogen-bond acceptors (Lipinski definition) is 3. The summed E-state index contributed by atoms with van der Waals surface area (Å²) in [6, 6.07) is 0.509. The first-order chi connectivity index (χ1) is 8.63. The quantitative estimate of drug-likeness (QED) is 0.912. The molecule has 0 radical (unpaired) electrons. The van der Waals surface area contributed by atoms with Crippen LogP contribution >= 0.6 is 11.6 Å². The number of rotatable bonds is 4. The van der Waals surface area contributed by atoms with Gasteiger partial charge in [0.1, 0.15) is 0 Å². The molecule has 1 aromatic heterocycles. The third-order valence-corrected chi connectivity index (χ3v) is 4.11. The van der Waals surface area contributed by atoms with Crippen molar-refractivity contribution >= 4 is 11.6 Å². The van der Waals surface area contributed by atoms with Crippen LogP contribution in [0.25, 0.3) is 0 Å². The lowest BCUT2D eigenvalue weighted by Gasteiger charge is -2.29. The lowest BCUT2D eigenvalue weighted by Crippen LogP contribution is -2.41. The Hall–Kier alpha value is -0.580. The number of nitrogens with one attached hydrogen (secondary N) is 1. The molecule has 2 heterocycles. The highest BCUT2D eigenvalue weighted by Crippen LogP contribution is 2.21. The van der Waals surface area contributed by atoms with Crippen molar-refractivity contribution in [3.63, 3.8) is 0 Å². The van der Waals surface area contributed by atoms with Gasteiger partial charge in [0.2, 0.25) is 0 Å². The summed E-state index contributed by atoms with van der Waals surface area (Å²) in [5, 5.41) is 8.83. The van der Waals surface area contributed by atoms with E-state index in [1.165, 1.54) is 0 Å². The highest BCUT2D eigenvalue weighted by atomic mass is 35.5. The number of aromatic nitrogens is 2. The monoisotopic (exact) mass is 271 g/mol. The molecule has 2 rings (SSSR count). The van der Waals surface area contributed by atoms with Gasteiger partial charge in [0.25, 0.3) is 0 Å². The fraction of sp³-hybridized carbons (Fsp3) is 0.769. The van der Waals surface area contributed by atoms with Gasteiger partial charge >= 0.3 is 0 Å². The van der Waals surface area contributed by atoms with Crippen molar-refractivity contribution in [2.24, 2.45) is 13.0 Å². The van der Waals surface area contributed by atoms with Crippen LogP contribution in [0.3, 0.4) is 0 Å². The van der Waals surface area contributed by atoms with Gasteiger partial charge in [0, 0.05) is 26.2 Å². The standard InChI is InChI=1S/C13H22ClN3O/c1-4-10-13(14)12(17(3)16-10)7-15-11-5-6-18-8-9(11)2/h9,11,15H,4-8H2,1-3H3. The Morgan fingerprint density at radius 3 is 2.94 bits per heavy atom. The van der Waals surface area contributed by atoms with E-state index in [-0.39, 0.29) is 0 Å². The summed E-state index contributed by atoms with van der Waals surface area (Å²) in [7, 11) is 1.95.